The minimum absolute atomic E-state index is 0.0852. The molecule has 0 spiro atoms. The van der Waals surface area contributed by atoms with Gasteiger partial charge in [-0.05, 0) is 19.3 Å². The average Bonchev–Trinajstić information content (AvgIpc) is 2.35. The highest BCUT2D eigenvalue weighted by atomic mass is 35.5. The largest absolute Gasteiger partial charge is 0.473 e. The lowest BCUT2D eigenvalue weighted by molar-refractivity contribution is 0.0197. The van der Waals surface area contributed by atoms with Crippen LogP contribution in [0.15, 0.2) is 6.33 Å². The van der Waals surface area contributed by atoms with E-state index < -0.39 is 0 Å². The number of nitrogens with two attached hydrogens (primary N) is 1. The molecule has 94 valence electrons. The van der Waals surface area contributed by atoms with E-state index in [0.29, 0.717) is 11.6 Å². The molecule has 2 atom stereocenters. The van der Waals surface area contributed by atoms with E-state index in [1.165, 1.54) is 6.33 Å². The zero-order valence-electron chi connectivity index (χ0n) is 9.73. The second-order valence-electron chi connectivity index (χ2n) is 4.15. The summed E-state index contributed by atoms with van der Waals surface area (Å²) in [5.41, 5.74) is 6.05. The van der Waals surface area contributed by atoms with E-state index in [-0.39, 0.29) is 17.4 Å². The van der Waals surface area contributed by atoms with E-state index in [2.05, 4.69) is 9.97 Å². The van der Waals surface area contributed by atoms with Crippen LogP contribution in [0.1, 0.15) is 25.7 Å². The van der Waals surface area contributed by atoms with Crippen LogP contribution in [0.2, 0.25) is 5.15 Å². The standard InChI is InChI=1S/C11H16ClN3O2/c1-16-7-3-2-4-8(5-7)17-11-9(13)10(12)14-6-15-11/h6-8H,2-5,13H2,1H3. The minimum Gasteiger partial charge on any atom is -0.473 e. The Morgan fingerprint density at radius 3 is 2.88 bits per heavy atom. The molecule has 2 unspecified atom stereocenters. The van der Waals surface area contributed by atoms with E-state index in [9.17, 15) is 0 Å². The van der Waals surface area contributed by atoms with Gasteiger partial charge < -0.3 is 15.2 Å². The average molecular weight is 258 g/mol. The monoisotopic (exact) mass is 257 g/mol. The van der Waals surface area contributed by atoms with Crippen LogP contribution in [-0.4, -0.2) is 29.3 Å². The van der Waals surface area contributed by atoms with Crippen LogP contribution in [0.5, 0.6) is 5.88 Å². The van der Waals surface area contributed by atoms with E-state index in [1.54, 1.807) is 7.11 Å². The van der Waals surface area contributed by atoms with Gasteiger partial charge in [-0.2, -0.15) is 4.98 Å². The number of halogens is 1. The predicted molar refractivity (Wildman–Crippen MR) is 65.1 cm³/mol. The van der Waals surface area contributed by atoms with Gasteiger partial charge in [0.2, 0.25) is 5.88 Å². The SMILES string of the molecule is COC1CCCC(Oc2ncnc(Cl)c2N)C1. The fourth-order valence-electron chi connectivity index (χ4n) is 2.03. The molecular weight excluding hydrogens is 242 g/mol. The first-order valence-electron chi connectivity index (χ1n) is 5.66. The van der Waals surface area contributed by atoms with Crippen molar-refractivity contribution in [2.75, 3.05) is 12.8 Å². The Kier molecular flexibility index (Phi) is 4.02. The van der Waals surface area contributed by atoms with Crippen molar-refractivity contribution < 1.29 is 9.47 Å². The number of aromatic nitrogens is 2. The quantitative estimate of drug-likeness (QED) is 0.840. The zero-order chi connectivity index (χ0) is 12.3. The molecule has 0 radical (unpaired) electrons. The number of methoxy groups -OCH3 is 1. The number of nitrogens with zero attached hydrogens (tertiary/aromatic N) is 2. The third kappa shape index (κ3) is 2.98. The van der Waals surface area contributed by atoms with Crippen molar-refractivity contribution in [1.29, 1.82) is 0 Å². The van der Waals surface area contributed by atoms with E-state index >= 15 is 0 Å². The van der Waals surface area contributed by atoms with Gasteiger partial charge in [0.05, 0.1) is 6.10 Å². The Bertz CT molecular complexity index is 389. The Morgan fingerprint density at radius 2 is 2.12 bits per heavy atom. The number of hydrogen-bond acceptors (Lipinski definition) is 5. The van der Waals surface area contributed by atoms with Gasteiger partial charge in [-0.15, -0.1) is 0 Å². The number of nitrogen functional groups attached to an aromatic ring is 1. The van der Waals surface area contributed by atoms with Gasteiger partial charge >= 0.3 is 0 Å². The Labute approximate surface area is 105 Å². The van der Waals surface area contributed by atoms with Crippen LogP contribution < -0.4 is 10.5 Å². The maximum Gasteiger partial charge on any atom is 0.242 e. The fraction of sp³-hybridized carbons (Fsp3) is 0.636. The van der Waals surface area contributed by atoms with Crippen LogP contribution in [0.3, 0.4) is 0 Å². The molecule has 6 heteroatoms. The van der Waals surface area contributed by atoms with Gasteiger partial charge in [0, 0.05) is 13.5 Å². The van der Waals surface area contributed by atoms with Crippen molar-refractivity contribution in [3.63, 3.8) is 0 Å². The summed E-state index contributed by atoms with van der Waals surface area (Å²) < 4.78 is 11.1. The van der Waals surface area contributed by atoms with Crippen molar-refractivity contribution in [3.8, 4) is 5.88 Å². The number of ether oxygens (including phenoxy) is 2. The highest BCUT2D eigenvalue weighted by Gasteiger charge is 2.24. The van der Waals surface area contributed by atoms with Gasteiger partial charge in [-0.1, -0.05) is 11.6 Å². The van der Waals surface area contributed by atoms with Gasteiger partial charge in [0.15, 0.2) is 5.15 Å². The molecule has 1 fully saturated rings. The van der Waals surface area contributed by atoms with Crippen molar-refractivity contribution >= 4 is 17.3 Å². The highest BCUT2D eigenvalue weighted by molar-refractivity contribution is 6.32. The third-order valence-corrected chi connectivity index (χ3v) is 3.29. The molecule has 2 rings (SSSR count). The number of rotatable bonds is 3. The molecule has 1 aromatic heterocycles. The van der Waals surface area contributed by atoms with Crippen molar-refractivity contribution in [2.24, 2.45) is 0 Å². The molecule has 0 saturated heterocycles. The molecule has 17 heavy (non-hydrogen) atoms. The first-order valence-corrected chi connectivity index (χ1v) is 6.04. The number of anilines is 1. The van der Waals surface area contributed by atoms with Crippen LogP contribution in [0, 0.1) is 0 Å². The van der Waals surface area contributed by atoms with Gasteiger partial charge in [-0.25, -0.2) is 4.98 Å². The summed E-state index contributed by atoms with van der Waals surface area (Å²) in [6, 6.07) is 0. The second kappa shape index (κ2) is 5.51. The fourth-order valence-corrected chi connectivity index (χ4v) is 2.16. The lowest BCUT2D eigenvalue weighted by Gasteiger charge is -2.28. The summed E-state index contributed by atoms with van der Waals surface area (Å²) in [5, 5.41) is 0.231. The summed E-state index contributed by atoms with van der Waals surface area (Å²) in [4.78, 5) is 7.79. The normalized spacial score (nSPS) is 24.6. The molecule has 1 aromatic rings. The van der Waals surface area contributed by atoms with Gasteiger partial charge in [-0.3, -0.25) is 0 Å². The maximum atomic E-state index is 5.81. The third-order valence-electron chi connectivity index (χ3n) is 2.99. The second-order valence-corrected chi connectivity index (χ2v) is 4.51. The molecule has 0 amide bonds. The molecule has 1 aliphatic rings. The molecule has 0 aliphatic heterocycles. The van der Waals surface area contributed by atoms with Crippen LogP contribution in [0.4, 0.5) is 5.69 Å². The topological polar surface area (TPSA) is 70.3 Å². The minimum atomic E-state index is 0.0852. The summed E-state index contributed by atoms with van der Waals surface area (Å²) in [5.74, 6) is 0.367. The van der Waals surface area contributed by atoms with Gasteiger partial charge in [0.25, 0.3) is 0 Å². The van der Waals surface area contributed by atoms with E-state index in [0.717, 1.165) is 25.7 Å². The molecule has 0 bridgehead atoms. The zero-order valence-corrected chi connectivity index (χ0v) is 10.5. The summed E-state index contributed by atoms with van der Waals surface area (Å²) in [6.07, 6.45) is 5.70. The smallest absolute Gasteiger partial charge is 0.242 e. The Balaban J connectivity index is 2.02. The van der Waals surface area contributed by atoms with Crippen molar-refractivity contribution in [3.05, 3.63) is 11.5 Å². The molecule has 2 N–H and O–H groups in total. The van der Waals surface area contributed by atoms with Crippen molar-refractivity contribution in [2.45, 2.75) is 37.9 Å². The molecule has 0 aromatic carbocycles. The van der Waals surface area contributed by atoms with E-state index in [4.69, 9.17) is 26.8 Å². The lowest BCUT2D eigenvalue weighted by Crippen LogP contribution is -2.30. The highest BCUT2D eigenvalue weighted by Crippen LogP contribution is 2.29. The molecule has 1 saturated carbocycles. The summed E-state index contributed by atoms with van der Waals surface area (Å²) in [7, 11) is 1.73. The van der Waals surface area contributed by atoms with E-state index in [1.807, 2.05) is 0 Å². The molecule has 5 nitrogen and oxygen atoms in total. The molecule has 1 heterocycles. The van der Waals surface area contributed by atoms with Crippen molar-refractivity contribution in [1.82, 2.24) is 9.97 Å². The number of hydrogen-bond donors (Lipinski definition) is 1. The van der Waals surface area contributed by atoms with Crippen LogP contribution in [-0.2, 0) is 4.74 Å². The summed E-state index contributed by atoms with van der Waals surface area (Å²) >= 11 is 5.81. The Hall–Kier alpha value is -1.07. The predicted octanol–water partition coefficient (Wildman–Crippen LogP) is 2.05. The Morgan fingerprint density at radius 1 is 1.35 bits per heavy atom. The van der Waals surface area contributed by atoms with Crippen LogP contribution in [0.25, 0.3) is 0 Å². The molecular formula is C11H16ClN3O2. The lowest BCUT2D eigenvalue weighted by atomic mass is 9.95. The summed E-state index contributed by atoms with van der Waals surface area (Å²) in [6.45, 7) is 0. The molecule has 1 aliphatic carbocycles. The van der Waals surface area contributed by atoms with Crippen LogP contribution >= 0.6 is 11.6 Å². The maximum absolute atomic E-state index is 5.81. The van der Waals surface area contributed by atoms with Gasteiger partial charge in [0.1, 0.15) is 18.1 Å². The first-order chi connectivity index (χ1) is 8.20. The first kappa shape index (κ1) is 12.4.